The zero-order valence-electron chi connectivity index (χ0n) is 18.6. The van der Waals surface area contributed by atoms with Gasteiger partial charge >= 0.3 is 5.97 Å². The third kappa shape index (κ3) is 10.7. The molecular weight excluding hydrogens is 456 g/mol. The Kier molecular flexibility index (Phi) is 12.8. The van der Waals surface area contributed by atoms with Gasteiger partial charge in [-0.2, -0.15) is 0 Å². The zero-order valence-corrected chi connectivity index (χ0v) is 20.2. The number of rotatable bonds is 16. The summed E-state index contributed by atoms with van der Waals surface area (Å²) < 4.78 is 16.3. The normalized spacial score (nSPS) is 10.6. The second-order valence-corrected chi connectivity index (χ2v) is 8.46. The second kappa shape index (κ2) is 15.7. The Morgan fingerprint density at radius 3 is 1.71 bits per heavy atom. The summed E-state index contributed by atoms with van der Waals surface area (Å²) in [5.41, 5.74) is 0.496. The van der Waals surface area contributed by atoms with Crippen molar-refractivity contribution in [2.75, 3.05) is 19.0 Å². The molecule has 0 radical (unpaired) electrons. The van der Waals surface area contributed by atoms with Crippen LogP contribution in [0.4, 0.5) is 0 Å². The van der Waals surface area contributed by atoms with Crippen molar-refractivity contribution in [2.45, 2.75) is 64.2 Å². The van der Waals surface area contributed by atoms with Crippen molar-refractivity contribution in [3.8, 4) is 17.2 Å². The molecule has 170 valence electrons. The van der Waals surface area contributed by atoms with Gasteiger partial charge < -0.3 is 14.2 Å². The minimum absolute atomic E-state index is 0.389. The van der Waals surface area contributed by atoms with Gasteiger partial charge in [0.05, 0.1) is 19.3 Å². The van der Waals surface area contributed by atoms with E-state index in [-0.39, 0.29) is 5.97 Å². The summed E-state index contributed by atoms with van der Waals surface area (Å²) in [7, 11) is 1.60. The van der Waals surface area contributed by atoms with Gasteiger partial charge in [-0.3, -0.25) is 0 Å². The van der Waals surface area contributed by atoms with E-state index in [1.165, 1.54) is 57.8 Å². The summed E-state index contributed by atoms with van der Waals surface area (Å²) in [6.07, 6.45) is 13.0. The number of halogens is 1. The largest absolute Gasteiger partial charge is 0.497 e. The van der Waals surface area contributed by atoms with E-state index in [2.05, 4.69) is 15.9 Å². The van der Waals surface area contributed by atoms with Gasteiger partial charge in [-0.1, -0.05) is 67.3 Å². The third-order valence-corrected chi connectivity index (χ3v) is 5.72. The number of alkyl halides is 1. The van der Waals surface area contributed by atoms with E-state index in [1.54, 1.807) is 43.5 Å². The Hall–Kier alpha value is -2.01. The van der Waals surface area contributed by atoms with Crippen LogP contribution < -0.4 is 14.2 Å². The molecular formula is C26H35BrO4. The molecule has 31 heavy (non-hydrogen) atoms. The Bertz CT molecular complexity index is 728. The average Bonchev–Trinajstić information content (AvgIpc) is 2.80. The van der Waals surface area contributed by atoms with Crippen LogP contribution in [0.5, 0.6) is 17.2 Å². The fourth-order valence-corrected chi connectivity index (χ4v) is 3.69. The van der Waals surface area contributed by atoms with Crippen LogP contribution in [0.1, 0.15) is 74.6 Å². The molecule has 2 aromatic rings. The van der Waals surface area contributed by atoms with Crippen molar-refractivity contribution in [2.24, 2.45) is 0 Å². The highest BCUT2D eigenvalue weighted by atomic mass is 79.9. The van der Waals surface area contributed by atoms with E-state index in [0.717, 1.165) is 23.2 Å². The van der Waals surface area contributed by atoms with Crippen LogP contribution >= 0.6 is 15.9 Å². The van der Waals surface area contributed by atoms with Gasteiger partial charge in [0.2, 0.25) is 0 Å². The number of ether oxygens (including phenoxy) is 3. The SMILES string of the molecule is COc1ccc(OC(=O)c2ccc(OCCCCCCCCCCCCBr)cc2)cc1. The molecule has 0 amide bonds. The Morgan fingerprint density at radius 2 is 1.16 bits per heavy atom. The third-order valence-electron chi connectivity index (χ3n) is 5.16. The number of methoxy groups -OCH3 is 1. The van der Waals surface area contributed by atoms with Crippen LogP contribution in [0.3, 0.4) is 0 Å². The van der Waals surface area contributed by atoms with Crippen molar-refractivity contribution >= 4 is 21.9 Å². The van der Waals surface area contributed by atoms with Gasteiger partial charge in [-0.15, -0.1) is 0 Å². The van der Waals surface area contributed by atoms with Crippen molar-refractivity contribution in [3.63, 3.8) is 0 Å². The van der Waals surface area contributed by atoms with Gasteiger partial charge in [0, 0.05) is 5.33 Å². The van der Waals surface area contributed by atoms with Gasteiger partial charge in [0.25, 0.3) is 0 Å². The Morgan fingerprint density at radius 1 is 0.677 bits per heavy atom. The lowest BCUT2D eigenvalue weighted by molar-refractivity contribution is 0.0734. The number of carbonyl (C=O) groups excluding carboxylic acids is 1. The molecule has 0 aromatic heterocycles. The number of hydrogen-bond donors (Lipinski definition) is 0. The molecule has 0 saturated carbocycles. The quantitative estimate of drug-likeness (QED) is 0.105. The number of esters is 1. The molecule has 0 aliphatic carbocycles. The van der Waals surface area contributed by atoms with Crippen molar-refractivity contribution in [3.05, 3.63) is 54.1 Å². The lowest BCUT2D eigenvalue weighted by Crippen LogP contribution is -2.08. The fourth-order valence-electron chi connectivity index (χ4n) is 3.30. The lowest BCUT2D eigenvalue weighted by atomic mass is 10.1. The highest BCUT2D eigenvalue weighted by Gasteiger charge is 2.09. The molecule has 0 bridgehead atoms. The van der Waals surface area contributed by atoms with E-state index in [0.29, 0.717) is 17.9 Å². The molecule has 2 aromatic carbocycles. The molecule has 0 heterocycles. The highest BCUT2D eigenvalue weighted by Crippen LogP contribution is 2.19. The molecule has 0 aliphatic rings. The first-order chi connectivity index (χ1) is 15.2. The smallest absolute Gasteiger partial charge is 0.343 e. The molecule has 0 unspecified atom stereocenters. The molecule has 0 saturated heterocycles. The van der Waals surface area contributed by atoms with Crippen LogP contribution in [0.15, 0.2) is 48.5 Å². The first-order valence-electron chi connectivity index (χ1n) is 11.4. The maximum absolute atomic E-state index is 12.3. The Labute approximate surface area is 195 Å². The van der Waals surface area contributed by atoms with Crippen LogP contribution in [0.2, 0.25) is 0 Å². The minimum atomic E-state index is -0.389. The van der Waals surface area contributed by atoms with Gasteiger partial charge in [-0.05, 0) is 61.4 Å². The predicted octanol–water partition coefficient (Wildman–Crippen LogP) is 7.59. The van der Waals surface area contributed by atoms with E-state index < -0.39 is 0 Å². The summed E-state index contributed by atoms with van der Waals surface area (Å²) in [5.74, 6) is 1.60. The molecule has 4 nitrogen and oxygen atoms in total. The second-order valence-electron chi connectivity index (χ2n) is 7.66. The summed E-state index contributed by atoms with van der Waals surface area (Å²) in [4.78, 5) is 12.3. The highest BCUT2D eigenvalue weighted by molar-refractivity contribution is 9.09. The molecule has 0 atom stereocenters. The first kappa shape index (κ1) is 25.3. The molecule has 0 aliphatic heterocycles. The molecule has 5 heteroatoms. The van der Waals surface area contributed by atoms with Crippen molar-refractivity contribution in [1.29, 1.82) is 0 Å². The maximum atomic E-state index is 12.3. The zero-order chi connectivity index (χ0) is 22.2. The van der Waals surface area contributed by atoms with Crippen LogP contribution in [0.25, 0.3) is 0 Å². The standard InChI is InChI=1S/C26H35BrO4/c1-29-23-16-18-25(19-17-23)31-26(28)22-12-14-24(15-13-22)30-21-11-9-7-5-3-2-4-6-8-10-20-27/h12-19H,2-11,20-21H2,1H3. The van der Waals surface area contributed by atoms with E-state index >= 15 is 0 Å². The lowest BCUT2D eigenvalue weighted by Gasteiger charge is -2.08. The monoisotopic (exact) mass is 490 g/mol. The Balaban J connectivity index is 1.55. The number of unbranched alkanes of at least 4 members (excludes halogenated alkanes) is 9. The van der Waals surface area contributed by atoms with Crippen LogP contribution in [-0.2, 0) is 0 Å². The summed E-state index contributed by atoms with van der Waals surface area (Å²) in [6, 6.07) is 14.0. The number of benzene rings is 2. The van der Waals surface area contributed by atoms with Gasteiger partial charge in [-0.25, -0.2) is 4.79 Å². The van der Waals surface area contributed by atoms with Crippen LogP contribution in [-0.4, -0.2) is 25.0 Å². The summed E-state index contributed by atoms with van der Waals surface area (Å²) in [5, 5.41) is 1.14. The van der Waals surface area contributed by atoms with Crippen molar-refractivity contribution < 1.29 is 19.0 Å². The van der Waals surface area contributed by atoms with E-state index in [1.807, 2.05) is 12.1 Å². The van der Waals surface area contributed by atoms with Crippen LogP contribution in [0, 0.1) is 0 Å². The molecule has 0 fully saturated rings. The van der Waals surface area contributed by atoms with Crippen molar-refractivity contribution in [1.82, 2.24) is 0 Å². The van der Waals surface area contributed by atoms with Gasteiger partial charge in [0.15, 0.2) is 0 Å². The van der Waals surface area contributed by atoms with E-state index in [9.17, 15) is 4.79 Å². The molecule has 0 N–H and O–H groups in total. The number of carbonyl (C=O) groups is 1. The summed E-state index contributed by atoms with van der Waals surface area (Å²) in [6.45, 7) is 0.711. The van der Waals surface area contributed by atoms with E-state index in [4.69, 9.17) is 14.2 Å². The summed E-state index contributed by atoms with van der Waals surface area (Å²) >= 11 is 3.48. The van der Waals surface area contributed by atoms with Gasteiger partial charge in [0.1, 0.15) is 17.2 Å². The first-order valence-corrected chi connectivity index (χ1v) is 12.5. The maximum Gasteiger partial charge on any atom is 0.343 e. The number of hydrogen-bond acceptors (Lipinski definition) is 4. The topological polar surface area (TPSA) is 44.8 Å². The molecule has 0 spiro atoms. The minimum Gasteiger partial charge on any atom is -0.497 e. The average molecular weight is 491 g/mol. The molecule has 2 rings (SSSR count). The predicted molar refractivity (Wildman–Crippen MR) is 130 cm³/mol. The fraction of sp³-hybridized carbons (Fsp3) is 0.500.